The molecule has 0 unspecified atom stereocenters. The molecule has 1 atom stereocenters. The summed E-state index contributed by atoms with van der Waals surface area (Å²) in [5.74, 6) is 7.57. The normalized spacial score (nSPS) is 18.1. The molecule has 0 bridgehead atoms. The third-order valence-electron chi connectivity index (χ3n) is 7.50. The highest BCUT2D eigenvalue weighted by Crippen LogP contribution is 2.51. The number of hydrogen-bond donors (Lipinski definition) is 1. The molecule has 2 aliphatic rings. The van der Waals surface area contributed by atoms with Crippen molar-refractivity contribution in [1.29, 1.82) is 0 Å². The number of nitrogens with zero attached hydrogens (tertiary/aromatic N) is 3. The highest BCUT2D eigenvalue weighted by molar-refractivity contribution is 6.43. The van der Waals surface area contributed by atoms with Crippen LogP contribution < -0.4 is 16.2 Å². The number of aryl methyl sites for hydroxylation is 1. The number of methoxy groups -OCH3 is 1. The van der Waals surface area contributed by atoms with Gasteiger partial charge in [-0.25, -0.2) is 4.98 Å². The summed E-state index contributed by atoms with van der Waals surface area (Å²) in [5, 5.41) is 0.729. The molecule has 0 radical (unpaired) electrons. The van der Waals surface area contributed by atoms with Crippen LogP contribution in [0.25, 0.3) is 5.69 Å². The first-order chi connectivity index (χ1) is 17.3. The molecule has 2 N–H and O–H groups in total. The molecule has 2 heterocycles. The fraction of sp³-hybridized carbons (Fsp3) is 0.357. The van der Waals surface area contributed by atoms with Gasteiger partial charge >= 0.3 is 0 Å². The second-order valence-corrected chi connectivity index (χ2v) is 10.3. The highest BCUT2D eigenvalue weighted by atomic mass is 35.5. The number of hydrogen-bond acceptors (Lipinski definition) is 5. The number of halogens is 2. The van der Waals surface area contributed by atoms with Gasteiger partial charge in [-0.05, 0) is 60.9 Å². The van der Waals surface area contributed by atoms with E-state index >= 15 is 0 Å². The minimum atomic E-state index is -0.189. The van der Waals surface area contributed by atoms with Gasteiger partial charge in [-0.2, -0.15) is 0 Å². The molecule has 3 aromatic rings. The van der Waals surface area contributed by atoms with E-state index in [1.807, 2.05) is 13.0 Å². The Kier molecular flexibility index (Phi) is 6.84. The Bertz CT molecular complexity index is 1430. The lowest BCUT2D eigenvalue weighted by molar-refractivity contribution is 0.187. The van der Waals surface area contributed by atoms with Crippen molar-refractivity contribution in [2.75, 3.05) is 31.7 Å². The van der Waals surface area contributed by atoms with Gasteiger partial charge in [-0.15, -0.1) is 0 Å². The van der Waals surface area contributed by atoms with E-state index < -0.39 is 0 Å². The number of rotatable bonds is 3. The van der Waals surface area contributed by atoms with Gasteiger partial charge in [0.2, 0.25) is 0 Å². The van der Waals surface area contributed by atoms with Crippen LogP contribution in [0.5, 0.6) is 0 Å². The van der Waals surface area contributed by atoms with Gasteiger partial charge in [0.05, 0.1) is 15.7 Å². The minimum absolute atomic E-state index is 0.0176. The Balaban J connectivity index is 1.37. The van der Waals surface area contributed by atoms with Gasteiger partial charge in [-0.3, -0.25) is 9.36 Å². The van der Waals surface area contributed by atoms with Gasteiger partial charge < -0.3 is 15.4 Å². The molecule has 36 heavy (non-hydrogen) atoms. The number of fused-ring (bicyclic) bond motifs is 1. The van der Waals surface area contributed by atoms with E-state index in [0.29, 0.717) is 34.0 Å². The van der Waals surface area contributed by atoms with Gasteiger partial charge in [-0.1, -0.05) is 53.2 Å². The Morgan fingerprint density at radius 2 is 1.94 bits per heavy atom. The summed E-state index contributed by atoms with van der Waals surface area (Å²) in [6.45, 7) is 3.77. The molecule has 1 aliphatic carbocycles. The second-order valence-electron chi connectivity index (χ2n) is 9.52. The van der Waals surface area contributed by atoms with Crippen molar-refractivity contribution >= 4 is 29.0 Å². The maximum absolute atomic E-state index is 13.1. The predicted octanol–water partition coefficient (Wildman–Crippen LogP) is 4.69. The molecular formula is C28H28Cl2N4O2. The van der Waals surface area contributed by atoms with E-state index in [1.165, 1.54) is 15.7 Å². The number of ether oxygens (including phenoxy) is 1. The summed E-state index contributed by atoms with van der Waals surface area (Å²) in [4.78, 5) is 20.1. The Labute approximate surface area is 221 Å². The summed E-state index contributed by atoms with van der Waals surface area (Å²) < 4.78 is 6.58. The Morgan fingerprint density at radius 1 is 1.19 bits per heavy atom. The topological polar surface area (TPSA) is 73.4 Å². The molecule has 2 aromatic carbocycles. The van der Waals surface area contributed by atoms with E-state index in [9.17, 15) is 4.79 Å². The van der Waals surface area contributed by atoms with Crippen molar-refractivity contribution in [3.8, 4) is 17.5 Å². The highest BCUT2D eigenvalue weighted by Gasteiger charge is 2.46. The number of aromatic nitrogens is 2. The third kappa shape index (κ3) is 4.31. The summed E-state index contributed by atoms with van der Waals surface area (Å²) in [5.41, 5.74) is 10.7. The Hall–Kier alpha value is -2.82. The van der Waals surface area contributed by atoms with E-state index in [4.69, 9.17) is 38.7 Å². The van der Waals surface area contributed by atoms with E-state index in [-0.39, 0.29) is 17.0 Å². The van der Waals surface area contributed by atoms with Crippen molar-refractivity contribution in [2.24, 2.45) is 11.1 Å². The molecule has 1 aliphatic heterocycles. The van der Waals surface area contributed by atoms with Gasteiger partial charge in [0, 0.05) is 37.9 Å². The van der Waals surface area contributed by atoms with Crippen LogP contribution in [0.3, 0.4) is 0 Å². The molecule has 8 heteroatoms. The summed E-state index contributed by atoms with van der Waals surface area (Å²) in [6.07, 6.45) is 2.74. The van der Waals surface area contributed by atoms with Crippen LogP contribution in [0.15, 0.2) is 47.3 Å². The quantitative estimate of drug-likeness (QED) is 0.505. The van der Waals surface area contributed by atoms with E-state index in [1.54, 1.807) is 31.4 Å². The summed E-state index contributed by atoms with van der Waals surface area (Å²) >= 11 is 12.5. The smallest absolute Gasteiger partial charge is 0.260 e. The van der Waals surface area contributed by atoms with Gasteiger partial charge in [0.25, 0.3) is 5.56 Å². The first-order valence-corrected chi connectivity index (χ1v) is 12.8. The van der Waals surface area contributed by atoms with Crippen molar-refractivity contribution < 1.29 is 4.74 Å². The van der Waals surface area contributed by atoms with Gasteiger partial charge in [0.15, 0.2) is 0 Å². The number of benzene rings is 2. The average molecular weight is 523 g/mol. The molecule has 0 amide bonds. The first kappa shape index (κ1) is 24.9. The molecule has 0 saturated carbocycles. The largest absolute Gasteiger partial charge is 0.372 e. The number of piperidine rings is 1. The third-order valence-corrected chi connectivity index (χ3v) is 8.31. The van der Waals surface area contributed by atoms with Crippen molar-refractivity contribution in [3.05, 3.63) is 85.4 Å². The fourth-order valence-corrected chi connectivity index (χ4v) is 5.96. The lowest BCUT2D eigenvalue weighted by Gasteiger charge is -2.42. The SMILES string of the molecule is COCC#Cc1cccc2c1CC1(CCN(c3cc(=O)n(-c4cccc(Cl)c4Cl)c(C)n3)CC1)[C@@H]2N. The van der Waals surface area contributed by atoms with E-state index in [0.717, 1.165) is 37.9 Å². The number of nitrogens with two attached hydrogens (primary N) is 1. The zero-order valence-electron chi connectivity index (χ0n) is 20.4. The molecule has 1 saturated heterocycles. The van der Waals surface area contributed by atoms with Crippen LogP contribution >= 0.6 is 23.2 Å². The summed E-state index contributed by atoms with van der Waals surface area (Å²) in [7, 11) is 1.65. The lowest BCUT2D eigenvalue weighted by atomic mass is 9.73. The van der Waals surface area contributed by atoms with E-state index in [2.05, 4.69) is 28.9 Å². The van der Waals surface area contributed by atoms with Crippen molar-refractivity contribution in [2.45, 2.75) is 32.2 Å². The van der Waals surface area contributed by atoms with Crippen LogP contribution in [0, 0.1) is 24.2 Å². The fourth-order valence-electron chi connectivity index (χ4n) is 5.58. The molecule has 186 valence electrons. The number of anilines is 1. The molecule has 5 rings (SSSR count). The zero-order valence-corrected chi connectivity index (χ0v) is 21.9. The standard InChI is InChI=1S/C28H28Cl2N4O2/c1-18-32-24(16-25(35)34(18)23-10-4-9-22(29)26(23)30)33-13-11-28(12-14-33)17-21-19(7-5-15-36-2)6-3-8-20(21)27(28)31/h3-4,6,8-10,16,27H,11-15,17,31H2,1-2H3/t27-/m1/s1. The van der Waals surface area contributed by atoms with Crippen molar-refractivity contribution in [3.63, 3.8) is 0 Å². The van der Waals surface area contributed by atoms with Crippen molar-refractivity contribution in [1.82, 2.24) is 9.55 Å². The second kappa shape index (κ2) is 9.91. The lowest BCUT2D eigenvalue weighted by Crippen LogP contribution is -2.45. The minimum Gasteiger partial charge on any atom is -0.372 e. The Morgan fingerprint density at radius 3 is 2.67 bits per heavy atom. The van der Waals surface area contributed by atoms with Gasteiger partial charge in [0.1, 0.15) is 18.2 Å². The van der Waals surface area contributed by atoms with Crippen LogP contribution in [0.1, 0.15) is 41.4 Å². The van der Waals surface area contributed by atoms with Crippen LogP contribution in [-0.4, -0.2) is 36.4 Å². The van der Waals surface area contributed by atoms with Crippen LogP contribution in [0.2, 0.25) is 10.0 Å². The maximum Gasteiger partial charge on any atom is 0.260 e. The molecule has 1 spiro atoms. The summed E-state index contributed by atoms with van der Waals surface area (Å²) in [6, 6.07) is 13.0. The van der Waals surface area contributed by atoms with Crippen LogP contribution in [0.4, 0.5) is 5.82 Å². The molecular weight excluding hydrogens is 495 g/mol. The maximum atomic E-state index is 13.1. The molecule has 1 fully saturated rings. The predicted molar refractivity (Wildman–Crippen MR) is 144 cm³/mol. The molecule has 6 nitrogen and oxygen atoms in total. The average Bonchev–Trinajstić information content (AvgIpc) is 3.14. The van der Waals surface area contributed by atoms with Crippen LogP contribution in [-0.2, 0) is 11.2 Å². The zero-order chi connectivity index (χ0) is 25.4. The monoisotopic (exact) mass is 522 g/mol. The molecule has 1 aromatic heterocycles. The first-order valence-electron chi connectivity index (χ1n) is 12.0.